The van der Waals surface area contributed by atoms with Crippen LogP contribution in [0.1, 0.15) is 12.0 Å². The van der Waals surface area contributed by atoms with Crippen molar-refractivity contribution in [3.63, 3.8) is 0 Å². The highest BCUT2D eigenvalue weighted by Gasteiger charge is 2.21. The van der Waals surface area contributed by atoms with Crippen LogP contribution in [0.2, 0.25) is 5.02 Å². The van der Waals surface area contributed by atoms with E-state index < -0.39 is 5.82 Å². The maximum atomic E-state index is 13.6. The number of ether oxygens (including phenoxy) is 1. The Balaban J connectivity index is 1.90. The van der Waals surface area contributed by atoms with Crippen LogP contribution in [0.5, 0.6) is 0 Å². The van der Waals surface area contributed by atoms with Gasteiger partial charge in [-0.1, -0.05) is 23.7 Å². The minimum atomic E-state index is -0.431. The highest BCUT2D eigenvalue weighted by Crippen LogP contribution is 2.19. The number of carbonyl (C=O) groups is 1. The monoisotopic (exact) mass is 271 g/mol. The molecule has 18 heavy (non-hydrogen) atoms. The van der Waals surface area contributed by atoms with E-state index in [1.165, 1.54) is 6.07 Å². The number of aryl methyl sites for hydroxylation is 1. The van der Waals surface area contributed by atoms with Crippen LogP contribution >= 0.6 is 11.6 Å². The molecule has 1 aromatic carbocycles. The number of benzene rings is 1. The fourth-order valence-electron chi connectivity index (χ4n) is 1.95. The quantitative estimate of drug-likeness (QED) is 0.910. The molecule has 0 aliphatic carbocycles. The largest absolute Gasteiger partial charge is 0.378 e. The molecule has 1 aliphatic rings. The smallest absolute Gasteiger partial charge is 0.152 e. The predicted molar refractivity (Wildman–Crippen MR) is 67.3 cm³/mol. The molecule has 0 radical (unpaired) electrons. The number of halogens is 2. The number of Topliss-reactive ketones (excluding diaryl/α,β-unsaturated/α-hetero) is 1. The van der Waals surface area contributed by atoms with Crippen molar-refractivity contribution < 1.29 is 13.9 Å². The third kappa shape index (κ3) is 3.28. The van der Waals surface area contributed by atoms with Gasteiger partial charge in [-0.15, -0.1) is 0 Å². The standard InChI is InChI=1S/C13H15ClFNO2/c14-10-3-1-2-9(13(10)15)4-5-12(17)11-8-18-7-6-16-11/h1-3,11,16H,4-8H2/t11-/m0/s1. The highest BCUT2D eigenvalue weighted by molar-refractivity contribution is 6.30. The van der Waals surface area contributed by atoms with Gasteiger partial charge in [-0.3, -0.25) is 4.79 Å². The van der Waals surface area contributed by atoms with Gasteiger partial charge in [-0.25, -0.2) is 4.39 Å². The maximum Gasteiger partial charge on any atom is 0.152 e. The van der Waals surface area contributed by atoms with Crippen LogP contribution in [-0.2, 0) is 16.0 Å². The van der Waals surface area contributed by atoms with Crippen LogP contribution in [0.4, 0.5) is 4.39 Å². The molecule has 0 bridgehead atoms. The first-order valence-corrected chi connectivity index (χ1v) is 6.33. The second-order valence-electron chi connectivity index (χ2n) is 4.26. The van der Waals surface area contributed by atoms with Crippen LogP contribution in [0, 0.1) is 5.82 Å². The summed E-state index contributed by atoms with van der Waals surface area (Å²) in [5.41, 5.74) is 0.479. The molecule has 0 saturated carbocycles. The zero-order chi connectivity index (χ0) is 13.0. The molecule has 0 amide bonds. The summed E-state index contributed by atoms with van der Waals surface area (Å²) in [4.78, 5) is 11.9. The Labute approximate surface area is 110 Å². The van der Waals surface area contributed by atoms with Crippen LogP contribution in [0.3, 0.4) is 0 Å². The summed E-state index contributed by atoms with van der Waals surface area (Å²) in [6.45, 7) is 1.71. The van der Waals surface area contributed by atoms with Gasteiger partial charge in [0.25, 0.3) is 0 Å². The topological polar surface area (TPSA) is 38.3 Å². The van der Waals surface area contributed by atoms with Gasteiger partial charge in [0.15, 0.2) is 5.78 Å². The van der Waals surface area contributed by atoms with Crippen molar-refractivity contribution >= 4 is 17.4 Å². The molecule has 5 heteroatoms. The number of ketones is 1. The third-order valence-electron chi connectivity index (χ3n) is 2.98. The lowest BCUT2D eigenvalue weighted by molar-refractivity contribution is -0.123. The maximum absolute atomic E-state index is 13.6. The zero-order valence-electron chi connectivity index (χ0n) is 9.92. The van der Waals surface area contributed by atoms with E-state index in [4.69, 9.17) is 16.3 Å². The average Bonchev–Trinajstić information content (AvgIpc) is 2.41. The highest BCUT2D eigenvalue weighted by atomic mass is 35.5. The molecule has 0 unspecified atom stereocenters. The number of carbonyl (C=O) groups excluding carboxylic acids is 1. The van der Waals surface area contributed by atoms with Crippen LogP contribution < -0.4 is 5.32 Å². The molecule has 3 nitrogen and oxygen atoms in total. The Hall–Kier alpha value is -0.970. The van der Waals surface area contributed by atoms with E-state index in [-0.39, 0.29) is 23.3 Å². The average molecular weight is 272 g/mol. The van der Waals surface area contributed by atoms with E-state index in [0.717, 1.165) is 0 Å². The summed E-state index contributed by atoms with van der Waals surface area (Å²) in [6, 6.07) is 4.58. The second-order valence-corrected chi connectivity index (χ2v) is 4.67. The van der Waals surface area contributed by atoms with Gasteiger partial charge in [-0.2, -0.15) is 0 Å². The molecular weight excluding hydrogens is 257 g/mol. The molecule has 1 heterocycles. The summed E-state index contributed by atoms with van der Waals surface area (Å²) in [7, 11) is 0. The molecule has 1 saturated heterocycles. The van der Waals surface area contributed by atoms with E-state index in [1.807, 2.05) is 0 Å². The predicted octanol–water partition coefficient (Wildman–Crippen LogP) is 1.97. The molecule has 1 aliphatic heterocycles. The van der Waals surface area contributed by atoms with Gasteiger partial charge < -0.3 is 10.1 Å². The Bertz CT molecular complexity index is 433. The minimum Gasteiger partial charge on any atom is -0.378 e. The molecule has 1 atom stereocenters. The summed E-state index contributed by atoms with van der Waals surface area (Å²) in [5.74, 6) is -0.381. The molecule has 0 spiro atoms. The van der Waals surface area contributed by atoms with Crippen molar-refractivity contribution in [2.45, 2.75) is 18.9 Å². The van der Waals surface area contributed by atoms with Crippen LogP contribution in [-0.4, -0.2) is 31.6 Å². The zero-order valence-corrected chi connectivity index (χ0v) is 10.7. The first-order valence-electron chi connectivity index (χ1n) is 5.95. The van der Waals surface area contributed by atoms with Crippen molar-refractivity contribution in [3.05, 3.63) is 34.6 Å². The van der Waals surface area contributed by atoms with E-state index in [9.17, 15) is 9.18 Å². The van der Waals surface area contributed by atoms with Crippen LogP contribution in [0.15, 0.2) is 18.2 Å². The van der Waals surface area contributed by atoms with Gasteiger partial charge in [-0.05, 0) is 18.1 Å². The number of hydrogen-bond donors (Lipinski definition) is 1. The normalized spacial score (nSPS) is 19.8. The van der Waals surface area contributed by atoms with E-state index in [2.05, 4.69) is 5.32 Å². The Morgan fingerprint density at radius 3 is 3.11 bits per heavy atom. The molecule has 1 fully saturated rings. The molecule has 2 rings (SSSR count). The first-order chi connectivity index (χ1) is 8.68. The Morgan fingerprint density at radius 2 is 2.39 bits per heavy atom. The molecular formula is C13H15ClFNO2. The number of morpholine rings is 1. The first kappa shape index (κ1) is 13.5. The fourth-order valence-corrected chi connectivity index (χ4v) is 2.14. The second kappa shape index (κ2) is 6.27. The summed E-state index contributed by atoms with van der Waals surface area (Å²) in [6.07, 6.45) is 0.654. The third-order valence-corrected chi connectivity index (χ3v) is 3.27. The van der Waals surface area contributed by atoms with Gasteiger partial charge in [0.05, 0.1) is 24.3 Å². The molecule has 1 N–H and O–H groups in total. The van der Waals surface area contributed by atoms with Crippen molar-refractivity contribution in [1.29, 1.82) is 0 Å². The van der Waals surface area contributed by atoms with E-state index in [1.54, 1.807) is 12.1 Å². The lowest BCUT2D eigenvalue weighted by Gasteiger charge is -2.22. The molecule has 0 aromatic heterocycles. The van der Waals surface area contributed by atoms with E-state index >= 15 is 0 Å². The Kier molecular flexibility index (Phi) is 4.69. The van der Waals surface area contributed by atoms with Crippen molar-refractivity contribution in [2.24, 2.45) is 0 Å². The van der Waals surface area contributed by atoms with Crippen molar-refractivity contribution in [1.82, 2.24) is 5.32 Å². The number of rotatable bonds is 4. The van der Waals surface area contributed by atoms with Gasteiger partial charge >= 0.3 is 0 Å². The van der Waals surface area contributed by atoms with Gasteiger partial charge in [0, 0.05) is 13.0 Å². The number of nitrogens with one attached hydrogen (secondary N) is 1. The number of hydrogen-bond acceptors (Lipinski definition) is 3. The van der Waals surface area contributed by atoms with Gasteiger partial charge in [0.2, 0.25) is 0 Å². The summed E-state index contributed by atoms with van der Waals surface area (Å²) in [5, 5.41) is 3.18. The van der Waals surface area contributed by atoms with Gasteiger partial charge in [0.1, 0.15) is 5.82 Å². The summed E-state index contributed by atoms with van der Waals surface area (Å²) < 4.78 is 18.8. The Morgan fingerprint density at radius 1 is 1.56 bits per heavy atom. The van der Waals surface area contributed by atoms with Crippen LogP contribution in [0.25, 0.3) is 0 Å². The lowest BCUT2D eigenvalue weighted by atomic mass is 10.0. The van der Waals surface area contributed by atoms with Crippen molar-refractivity contribution in [2.75, 3.05) is 19.8 Å². The SMILES string of the molecule is O=C(CCc1cccc(Cl)c1F)[C@@H]1COCCN1. The minimum absolute atomic E-state index is 0.0501. The summed E-state index contributed by atoms with van der Waals surface area (Å²) >= 11 is 5.69. The molecule has 98 valence electrons. The van der Waals surface area contributed by atoms with E-state index in [0.29, 0.717) is 31.7 Å². The fraction of sp³-hybridized carbons (Fsp3) is 0.462. The lowest BCUT2D eigenvalue weighted by Crippen LogP contribution is -2.46. The van der Waals surface area contributed by atoms with Crippen molar-refractivity contribution in [3.8, 4) is 0 Å². The molecule has 1 aromatic rings.